The molecule has 0 aliphatic carbocycles. The minimum Gasteiger partial charge on any atom is -0.390 e. The maximum atomic E-state index is 13.2. The average Bonchev–Trinajstić information content (AvgIpc) is 2.94. The highest BCUT2D eigenvalue weighted by atomic mass is 16.3. The summed E-state index contributed by atoms with van der Waals surface area (Å²) in [6, 6.07) is 11.6. The van der Waals surface area contributed by atoms with Crippen LogP contribution in [0.15, 0.2) is 53.8 Å². The standard InChI is InChI=1S/C30H43N9O5/c1-29(2,3)23(32-7)26(42)37-39(17-19-11-13-20(14-12-19)22-10-8-9-15-33-22)18-21(40)16-34-25(41)24(30(4,5)6)35-27(43)28(44)36-38-31/h8-15,21,23-24,32,40H,16-18H2,1-7H3,(H,34,41)(H,35,43)(H,37,42)/t21-,23-,24?/m1/s1. The molecule has 0 aliphatic rings. The zero-order valence-corrected chi connectivity index (χ0v) is 26.3. The molecular formula is C30H43N9O5. The van der Waals surface area contributed by atoms with Gasteiger partial charge in [0.1, 0.15) is 6.04 Å². The van der Waals surface area contributed by atoms with Gasteiger partial charge in [-0.1, -0.05) is 71.9 Å². The molecule has 1 aromatic heterocycles. The zero-order chi connectivity index (χ0) is 33.1. The van der Waals surface area contributed by atoms with Crippen molar-refractivity contribution in [2.45, 2.75) is 66.3 Å². The minimum absolute atomic E-state index is 0.0451. The smallest absolute Gasteiger partial charge is 0.306 e. The van der Waals surface area contributed by atoms with Gasteiger partial charge >= 0.3 is 5.91 Å². The van der Waals surface area contributed by atoms with Crippen molar-refractivity contribution in [3.8, 4) is 11.3 Å². The van der Waals surface area contributed by atoms with E-state index in [-0.39, 0.29) is 25.5 Å². The second-order valence-electron chi connectivity index (χ2n) is 12.5. The Balaban J connectivity index is 2.17. The molecule has 14 nitrogen and oxygen atoms in total. The summed E-state index contributed by atoms with van der Waals surface area (Å²) in [4.78, 5) is 56.6. The second kappa shape index (κ2) is 15.9. The van der Waals surface area contributed by atoms with Crippen molar-refractivity contribution in [1.29, 1.82) is 0 Å². The fraction of sp³-hybridized carbons (Fsp3) is 0.500. The van der Waals surface area contributed by atoms with E-state index in [0.717, 1.165) is 16.8 Å². The van der Waals surface area contributed by atoms with E-state index in [1.807, 2.05) is 63.2 Å². The number of rotatable bonds is 12. The fourth-order valence-corrected chi connectivity index (χ4v) is 4.46. The lowest BCUT2D eigenvalue weighted by molar-refractivity contribution is -0.140. The third-order valence-electron chi connectivity index (χ3n) is 6.65. The molecule has 1 aromatic carbocycles. The van der Waals surface area contributed by atoms with E-state index in [1.54, 1.807) is 39.0 Å². The number of aliphatic hydroxyl groups is 1. The summed E-state index contributed by atoms with van der Waals surface area (Å²) >= 11 is 0. The predicted octanol–water partition coefficient (Wildman–Crippen LogP) is 2.06. The van der Waals surface area contributed by atoms with E-state index in [4.69, 9.17) is 5.53 Å². The number of benzene rings is 1. The molecule has 0 spiro atoms. The van der Waals surface area contributed by atoms with Crippen molar-refractivity contribution in [2.24, 2.45) is 15.9 Å². The quantitative estimate of drug-likeness (QED) is 0.0791. The molecule has 3 atom stereocenters. The molecule has 2 aromatic rings. The molecule has 5 N–H and O–H groups in total. The predicted molar refractivity (Wildman–Crippen MR) is 165 cm³/mol. The van der Waals surface area contributed by atoms with Gasteiger partial charge in [-0.3, -0.25) is 29.6 Å². The SMILES string of the molecule is CN[C@H](C(=O)NN(Cc1ccc(-c2ccccn2)cc1)C[C@H](O)CNC(=O)C(NC(=O)C(=O)N=[N+]=[N-])C(C)(C)C)C(C)(C)C. The minimum atomic E-state index is -1.37. The largest absolute Gasteiger partial charge is 0.390 e. The van der Waals surface area contributed by atoms with Crippen molar-refractivity contribution < 1.29 is 24.3 Å². The number of hydrogen-bond acceptors (Lipinski definition) is 8. The molecule has 0 aliphatic heterocycles. The first kappa shape index (κ1) is 35.8. The molecule has 14 heteroatoms. The average molecular weight is 610 g/mol. The Bertz CT molecular complexity index is 1330. The van der Waals surface area contributed by atoms with Gasteiger partial charge in [0.05, 0.1) is 17.8 Å². The lowest BCUT2D eigenvalue weighted by Gasteiger charge is -2.33. The summed E-state index contributed by atoms with van der Waals surface area (Å²) in [7, 11) is 1.70. The first-order valence-electron chi connectivity index (χ1n) is 14.2. The molecule has 0 bridgehead atoms. The number of nitrogens with zero attached hydrogens (tertiary/aromatic N) is 5. The van der Waals surface area contributed by atoms with Gasteiger partial charge in [-0.05, 0) is 46.2 Å². The van der Waals surface area contributed by atoms with E-state index in [1.165, 1.54) is 0 Å². The number of hydrogen-bond donors (Lipinski definition) is 5. The lowest BCUT2D eigenvalue weighted by Crippen LogP contribution is -2.57. The summed E-state index contributed by atoms with van der Waals surface area (Å²) < 4.78 is 0. The monoisotopic (exact) mass is 609 g/mol. The third-order valence-corrected chi connectivity index (χ3v) is 6.65. The molecule has 0 saturated carbocycles. The highest BCUT2D eigenvalue weighted by Gasteiger charge is 2.35. The Morgan fingerprint density at radius 3 is 2.14 bits per heavy atom. The number of nitrogens with one attached hydrogen (secondary N) is 4. The second-order valence-corrected chi connectivity index (χ2v) is 12.5. The summed E-state index contributed by atoms with van der Waals surface area (Å²) in [6.45, 7) is 10.8. The normalized spacial score (nSPS) is 13.7. The number of carbonyl (C=O) groups excluding carboxylic acids is 4. The van der Waals surface area contributed by atoms with E-state index in [0.29, 0.717) is 0 Å². The fourth-order valence-electron chi connectivity index (χ4n) is 4.46. The van der Waals surface area contributed by atoms with E-state index in [2.05, 4.69) is 36.4 Å². The first-order valence-corrected chi connectivity index (χ1v) is 14.2. The van der Waals surface area contributed by atoms with Crippen molar-refractivity contribution in [3.05, 3.63) is 64.7 Å². The maximum absolute atomic E-state index is 13.2. The van der Waals surface area contributed by atoms with Crippen LogP contribution in [0.3, 0.4) is 0 Å². The van der Waals surface area contributed by atoms with Crippen LogP contribution in [0.2, 0.25) is 0 Å². The van der Waals surface area contributed by atoms with Crippen LogP contribution in [-0.2, 0) is 25.7 Å². The van der Waals surface area contributed by atoms with Crippen molar-refractivity contribution in [3.63, 3.8) is 0 Å². The van der Waals surface area contributed by atoms with Crippen LogP contribution in [0.5, 0.6) is 0 Å². The van der Waals surface area contributed by atoms with Gasteiger partial charge < -0.3 is 21.1 Å². The van der Waals surface area contributed by atoms with Gasteiger partial charge in [-0.2, -0.15) is 0 Å². The Morgan fingerprint density at radius 1 is 0.977 bits per heavy atom. The van der Waals surface area contributed by atoms with Crippen LogP contribution in [0.25, 0.3) is 21.7 Å². The summed E-state index contributed by atoms with van der Waals surface area (Å²) in [6.07, 6.45) is 0.588. The Morgan fingerprint density at radius 2 is 1.61 bits per heavy atom. The number of amides is 4. The molecule has 238 valence electrons. The molecular weight excluding hydrogens is 566 g/mol. The van der Waals surface area contributed by atoms with Gasteiger partial charge in [0.25, 0.3) is 11.8 Å². The molecule has 2 rings (SSSR count). The summed E-state index contributed by atoms with van der Waals surface area (Å²) in [5.41, 5.74) is 12.7. The molecule has 0 fully saturated rings. The first-order chi connectivity index (χ1) is 20.6. The van der Waals surface area contributed by atoms with Crippen LogP contribution in [0.1, 0.15) is 47.1 Å². The number of aliphatic hydroxyl groups excluding tert-OH is 1. The Hall–Kier alpha value is -4.36. The number of azide groups is 1. The topological polar surface area (TPSA) is 202 Å². The summed E-state index contributed by atoms with van der Waals surface area (Å²) in [5.74, 6) is -3.53. The molecule has 0 saturated heterocycles. The molecule has 1 unspecified atom stereocenters. The zero-order valence-electron chi connectivity index (χ0n) is 26.3. The number of hydrazine groups is 1. The van der Waals surface area contributed by atoms with Crippen molar-refractivity contribution in [1.82, 2.24) is 31.4 Å². The van der Waals surface area contributed by atoms with E-state index >= 15 is 0 Å². The number of pyridine rings is 1. The van der Waals surface area contributed by atoms with Gasteiger partial charge in [0.15, 0.2) is 0 Å². The van der Waals surface area contributed by atoms with Crippen molar-refractivity contribution in [2.75, 3.05) is 20.1 Å². The van der Waals surface area contributed by atoms with Gasteiger partial charge in [0, 0.05) is 36.3 Å². The van der Waals surface area contributed by atoms with Crippen LogP contribution in [0, 0.1) is 10.8 Å². The van der Waals surface area contributed by atoms with Crippen LogP contribution in [0.4, 0.5) is 0 Å². The Kier molecular flexibility index (Phi) is 13.0. The maximum Gasteiger partial charge on any atom is 0.306 e. The lowest BCUT2D eigenvalue weighted by atomic mass is 9.86. The van der Waals surface area contributed by atoms with E-state index < -0.39 is 46.7 Å². The van der Waals surface area contributed by atoms with Crippen LogP contribution >= 0.6 is 0 Å². The highest BCUT2D eigenvalue weighted by Crippen LogP contribution is 2.21. The Labute approximate surface area is 257 Å². The molecule has 44 heavy (non-hydrogen) atoms. The number of aromatic nitrogens is 1. The van der Waals surface area contributed by atoms with Gasteiger partial charge in [0.2, 0.25) is 5.91 Å². The third kappa shape index (κ3) is 11.0. The van der Waals surface area contributed by atoms with E-state index in [9.17, 15) is 24.3 Å². The molecule has 1 heterocycles. The molecule has 0 radical (unpaired) electrons. The number of likely N-dealkylation sites (N-methyl/N-ethyl adjacent to an activating group) is 1. The van der Waals surface area contributed by atoms with Gasteiger partial charge in [-0.15, -0.1) is 0 Å². The van der Waals surface area contributed by atoms with Crippen molar-refractivity contribution >= 4 is 23.6 Å². The van der Waals surface area contributed by atoms with Gasteiger partial charge in [-0.25, -0.2) is 5.01 Å². The number of carbonyl (C=O) groups is 4. The summed E-state index contributed by atoms with van der Waals surface area (Å²) in [5, 5.41) is 23.1. The van der Waals surface area contributed by atoms with Crippen LogP contribution in [-0.4, -0.2) is 77.1 Å². The highest BCUT2D eigenvalue weighted by molar-refractivity contribution is 6.35. The molecule has 4 amide bonds. The van der Waals surface area contributed by atoms with Crippen LogP contribution < -0.4 is 21.4 Å².